The van der Waals surface area contributed by atoms with E-state index in [2.05, 4.69) is 4.74 Å². The molecule has 1 aromatic rings. The Morgan fingerprint density at radius 1 is 1.10 bits per heavy atom. The quantitative estimate of drug-likeness (QED) is 0.800. The molecule has 0 amide bonds. The van der Waals surface area contributed by atoms with Crippen LogP contribution in [0, 0.1) is 11.6 Å². The van der Waals surface area contributed by atoms with Gasteiger partial charge in [-0.05, 0) is 45.3 Å². The molecule has 0 aliphatic carbocycles. The summed E-state index contributed by atoms with van der Waals surface area (Å²) in [6, 6.07) is 1.85. The molecule has 0 atom stereocenters. The molecular formula is C13H19BF2O4. The molecule has 0 radical (unpaired) electrons. The smallest absolute Gasteiger partial charge is 0.491 e. The predicted molar refractivity (Wildman–Crippen MR) is 72.0 cm³/mol. The van der Waals surface area contributed by atoms with Crippen LogP contribution in [0.4, 0.5) is 8.78 Å². The Kier molecular flexibility index (Phi) is 4.79. The van der Waals surface area contributed by atoms with Gasteiger partial charge in [0.15, 0.2) is 17.4 Å². The second-order valence-electron chi connectivity index (χ2n) is 5.56. The zero-order valence-corrected chi connectivity index (χ0v) is 12.2. The summed E-state index contributed by atoms with van der Waals surface area (Å²) >= 11 is 0. The Morgan fingerprint density at radius 3 is 1.90 bits per heavy atom. The first-order valence-electron chi connectivity index (χ1n) is 6.11. The van der Waals surface area contributed by atoms with Crippen LogP contribution in [0.5, 0.6) is 5.75 Å². The highest BCUT2D eigenvalue weighted by Gasteiger charge is 2.39. The monoisotopic (exact) mass is 288 g/mol. The van der Waals surface area contributed by atoms with E-state index in [9.17, 15) is 18.9 Å². The highest BCUT2D eigenvalue weighted by molar-refractivity contribution is 6.60. The van der Waals surface area contributed by atoms with Gasteiger partial charge in [-0.1, -0.05) is 0 Å². The van der Waals surface area contributed by atoms with Gasteiger partial charge in [-0.25, -0.2) is 8.78 Å². The number of methoxy groups -OCH3 is 1. The SMILES string of the molecule is COc1c(F)cc(B(O)OC(C)(C)C(C)(C)O)cc1F. The van der Waals surface area contributed by atoms with Crippen molar-refractivity contribution < 1.29 is 28.3 Å². The van der Waals surface area contributed by atoms with E-state index in [1.807, 2.05) is 0 Å². The molecule has 0 unspecified atom stereocenters. The molecule has 0 aliphatic rings. The lowest BCUT2D eigenvalue weighted by Gasteiger charge is -2.38. The number of aliphatic hydroxyl groups is 1. The van der Waals surface area contributed by atoms with Gasteiger partial charge in [-0.2, -0.15) is 0 Å². The summed E-state index contributed by atoms with van der Waals surface area (Å²) in [5, 5.41) is 19.9. The molecule has 0 spiro atoms. The minimum Gasteiger partial charge on any atom is -0.491 e. The Bertz CT molecular complexity index is 463. The highest BCUT2D eigenvalue weighted by Crippen LogP contribution is 2.26. The molecule has 4 nitrogen and oxygen atoms in total. The fourth-order valence-electron chi connectivity index (χ4n) is 1.41. The van der Waals surface area contributed by atoms with Gasteiger partial charge in [0.1, 0.15) is 0 Å². The summed E-state index contributed by atoms with van der Waals surface area (Å²) in [7, 11) is -0.433. The van der Waals surface area contributed by atoms with Gasteiger partial charge >= 0.3 is 7.12 Å². The third-order valence-electron chi connectivity index (χ3n) is 3.39. The van der Waals surface area contributed by atoms with Gasteiger partial charge in [-0.15, -0.1) is 0 Å². The minimum atomic E-state index is -1.58. The first-order chi connectivity index (χ1) is 8.99. The Morgan fingerprint density at radius 2 is 1.55 bits per heavy atom. The van der Waals surface area contributed by atoms with Crippen molar-refractivity contribution in [1.29, 1.82) is 0 Å². The topological polar surface area (TPSA) is 58.9 Å². The lowest BCUT2D eigenvalue weighted by atomic mass is 9.76. The van der Waals surface area contributed by atoms with E-state index in [0.29, 0.717) is 0 Å². The van der Waals surface area contributed by atoms with Crippen molar-refractivity contribution in [3.63, 3.8) is 0 Å². The van der Waals surface area contributed by atoms with Gasteiger partial charge in [0.05, 0.1) is 18.3 Å². The van der Waals surface area contributed by atoms with Crippen molar-refractivity contribution in [3.8, 4) is 5.75 Å². The predicted octanol–water partition coefficient (Wildman–Crippen LogP) is 1.23. The van der Waals surface area contributed by atoms with Crippen molar-refractivity contribution in [2.24, 2.45) is 0 Å². The molecule has 0 saturated carbocycles. The molecule has 0 saturated heterocycles. The molecule has 1 aromatic carbocycles. The van der Waals surface area contributed by atoms with E-state index >= 15 is 0 Å². The van der Waals surface area contributed by atoms with Gasteiger partial charge < -0.3 is 19.5 Å². The molecule has 0 heterocycles. The molecule has 0 aromatic heterocycles. The molecule has 7 heteroatoms. The molecule has 2 N–H and O–H groups in total. The van der Waals surface area contributed by atoms with E-state index in [1.165, 1.54) is 13.8 Å². The lowest BCUT2D eigenvalue weighted by molar-refractivity contribution is -0.0982. The Labute approximate surface area is 117 Å². The van der Waals surface area contributed by atoms with Crippen LogP contribution < -0.4 is 10.2 Å². The molecule has 0 bridgehead atoms. The van der Waals surface area contributed by atoms with E-state index in [1.54, 1.807) is 13.8 Å². The van der Waals surface area contributed by atoms with Crippen LogP contribution in [-0.2, 0) is 4.65 Å². The fraction of sp³-hybridized carbons (Fsp3) is 0.538. The summed E-state index contributed by atoms with van der Waals surface area (Å²) in [5.74, 6) is -2.40. The van der Waals surface area contributed by atoms with Crippen molar-refractivity contribution >= 4 is 12.6 Å². The number of benzene rings is 1. The number of hydrogen-bond donors (Lipinski definition) is 2. The van der Waals surface area contributed by atoms with Gasteiger partial charge in [0, 0.05) is 0 Å². The van der Waals surface area contributed by atoms with Crippen LogP contribution >= 0.6 is 0 Å². The normalized spacial score (nSPS) is 12.4. The summed E-state index contributed by atoms with van der Waals surface area (Å²) in [5.41, 5.74) is -2.48. The third kappa shape index (κ3) is 3.47. The molecule has 20 heavy (non-hydrogen) atoms. The summed E-state index contributed by atoms with van der Waals surface area (Å²) < 4.78 is 37.0. The van der Waals surface area contributed by atoms with Crippen molar-refractivity contribution in [2.75, 3.05) is 7.11 Å². The van der Waals surface area contributed by atoms with Crippen LogP contribution in [0.25, 0.3) is 0 Å². The average molecular weight is 288 g/mol. The van der Waals surface area contributed by atoms with Crippen LogP contribution in [0.3, 0.4) is 0 Å². The molecule has 0 fully saturated rings. The number of ether oxygens (including phenoxy) is 1. The van der Waals surface area contributed by atoms with Crippen LogP contribution in [0.2, 0.25) is 0 Å². The van der Waals surface area contributed by atoms with Crippen molar-refractivity contribution in [1.82, 2.24) is 0 Å². The lowest BCUT2D eigenvalue weighted by Crippen LogP contribution is -2.53. The van der Waals surface area contributed by atoms with E-state index < -0.39 is 35.7 Å². The number of halogens is 2. The zero-order chi connectivity index (χ0) is 15.7. The van der Waals surface area contributed by atoms with Gasteiger partial charge in [0.2, 0.25) is 0 Å². The van der Waals surface area contributed by atoms with E-state index in [4.69, 9.17) is 4.65 Å². The maximum atomic E-state index is 13.6. The molecular weight excluding hydrogens is 269 g/mol. The largest absolute Gasteiger partial charge is 0.491 e. The number of hydrogen-bond acceptors (Lipinski definition) is 4. The molecule has 1 rings (SSSR count). The van der Waals surface area contributed by atoms with Crippen LogP contribution in [0.1, 0.15) is 27.7 Å². The Hall–Kier alpha value is -1.18. The van der Waals surface area contributed by atoms with Gasteiger partial charge in [0.25, 0.3) is 0 Å². The first-order valence-corrected chi connectivity index (χ1v) is 6.11. The Balaban J connectivity index is 3.02. The summed E-state index contributed by atoms with van der Waals surface area (Å²) in [6.07, 6.45) is 0. The van der Waals surface area contributed by atoms with E-state index in [-0.39, 0.29) is 5.46 Å². The van der Waals surface area contributed by atoms with E-state index in [0.717, 1.165) is 19.2 Å². The summed E-state index contributed by atoms with van der Waals surface area (Å²) in [4.78, 5) is 0. The third-order valence-corrected chi connectivity index (χ3v) is 3.39. The molecule has 0 aliphatic heterocycles. The second-order valence-corrected chi connectivity index (χ2v) is 5.56. The van der Waals surface area contributed by atoms with Crippen molar-refractivity contribution in [2.45, 2.75) is 38.9 Å². The second kappa shape index (κ2) is 5.67. The van der Waals surface area contributed by atoms with Gasteiger partial charge in [-0.3, -0.25) is 0 Å². The van der Waals surface area contributed by atoms with Crippen LogP contribution in [-0.4, -0.2) is 35.6 Å². The maximum Gasteiger partial charge on any atom is 0.491 e. The maximum absolute atomic E-state index is 13.6. The zero-order valence-electron chi connectivity index (χ0n) is 12.2. The average Bonchev–Trinajstić information content (AvgIpc) is 2.26. The highest BCUT2D eigenvalue weighted by atomic mass is 19.1. The number of rotatable bonds is 5. The minimum absolute atomic E-state index is 0.0990. The summed E-state index contributed by atoms with van der Waals surface area (Å²) in [6.45, 7) is 6.14. The van der Waals surface area contributed by atoms with Crippen LogP contribution in [0.15, 0.2) is 12.1 Å². The molecule has 112 valence electrons. The standard InChI is InChI=1S/C13H19BF2O4/c1-12(2,17)13(3,4)20-14(18)8-6-9(15)11(19-5)10(16)7-8/h6-7,17-18H,1-5H3. The first kappa shape index (κ1) is 16.9. The van der Waals surface area contributed by atoms with Crippen molar-refractivity contribution in [3.05, 3.63) is 23.8 Å². The fourth-order valence-corrected chi connectivity index (χ4v) is 1.41.